The molecule has 0 aromatic rings. The maximum Gasteiger partial charge on any atom is 0.318 e. The molecule has 0 aliphatic rings. The molecule has 0 spiro atoms. The summed E-state index contributed by atoms with van der Waals surface area (Å²) in [5.74, 6) is -0.0921. The van der Waals surface area contributed by atoms with Crippen molar-refractivity contribution in [3.63, 3.8) is 0 Å². The van der Waals surface area contributed by atoms with Crippen LogP contribution in [0.25, 0.3) is 0 Å². The van der Waals surface area contributed by atoms with E-state index in [1.54, 1.807) is 0 Å². The molecule has 0 fully saturated rings. The van der Waals surface area contributed by atoms with E-state index in [0.717, 1.165) is 19.4 Å². The molecule has 4 heteroatoms. The number of hydrogen-bond acceptors (Lipinski definition) is 2. The third-order valence-corrected chi connectivity index (χ3v) is 2.64. The van der Waals surface area contributed by atoms with Crippen molar-refractivity contribution in [1.82, 2.24) is 0 Å². The maximum atomic E-state index is 11.1. The number of halogens is 1. The van der Waals surface area contributed by atoms with Crippen LogP contribution in [0.5, 0.6) is 0 Å². The predicted octanol–water partition coefficient (Wildman–Crippen LogP) is 1.50. The van der Waals surface area contributed by atoms with Crippen LogP contribution >= 0.6 is 22.6 Å². The number of rotatable bonds is 9. The first-order valence-corrected chi connectivity index (χ1v) is 7.05. The van der Waals surface area contributed by atoms with E-state index in [2.05, 4.69) is 34.8 Å². The largest absolute Gasteiger partial charge is 0.465 e. The summed E-state index contributed by atoms with van der Waals surface area (Å²) >= 11 is 2.07. The molecule has 0 saturated heterocycles. The fourth-order valence-electron chi connectivity index (χ4n) is 1.17. The van der Waals surface area contributed by atoms with Crippen molar-refractivity contribution in [2.24, 2.45) is 0 Å². The molecule has 1 unspecified atom stereocenters. The first kappa shape index (κ1) is 15.2. The van der Waals surface area contributed by atoms with Gasteiger partial charge in [-0.25, -0.2) is 0 Å². The average molecular weight is 328 g/mol. The lowest BCUT2D eigenvalue weighted by molar-refractivity contribution is -0.655. The van der Waals surface area contributed by atoms with Gasteiger partial charge in [-0.2, -0.15) is 0 Å². The lowest BCUT2D eigenvalue weighted by Crippen LogP contribution is -2.84. The van der Waals surface area contributed by atoms with Gasteiger partial charge in [0.15, 0.2) is 0 Å². The number of unbranched alkanes of at least 4 members (excludes halogenated alkanes) is 2. The molecule has 15 heavy (non-hydrogen) atoms. The molecular weight excluding hydrogens is 305 g/mol. The monoisotopic (exact) mass is 328 g/mol. The van der Waals surface area contributed by atoms with Gasteiger partial charge in [-0.15, -0.1) is 0 Å². The van der Waals surface area contributed by atoms with Gasteiger partial charge in [0, 0.05) is 0 Å². The zero-order valence-electron chi connectivity index (χ0n) is 9.80. The van der Waals surface area contributed by atoms with Gasteiger partial charge in [-0.1, -0.05) is 35.9 Å². The highest BCUT2D eigenvalue weighted by atomic mass is 127. The van der Waals surface area contributed by atoms with Gasteiger partial charge in [0.05, 0.1) is 19.7 Å². The molecule has 0 amide bonds. The van der Waals surface area contributed by atoms with Crippen molar-refractivity contribution in [3.8, 4) is 0 Å². The summed E-state index contributed by atoms with van der Waals surface area (Å²) in [6, 6.07) is 0. The minimum atomic E-state index is -0.0921. The third-order valence-electron chi connectivity index (χ3n) is 2.13. The predicted molar refractivity (Wildman–Crippen MR) is 70.2 cm³/mol. The highest BCUT2D eigenvalue weighted by molar-refractivity contribution is 14.1. The minimum Gasteiger partial charge on any atom is -0.465 e. The normalized spacial score (nSPS) is 12.5. The van der Waals surface area contributed by atoms with Crippen LogP contribution in [0.4, 0.5) is 0 Å². The summed E-state index contributed by atoms with van der Waals surface area (Å²) in [4.78, 5) is 11.1. The van der Waals surface area contributed by atoms with E-state index in [-0.39, 0.29) is 9.89 Å². The molecule has 0 aliphatic carbocycles. The molecule has 1 atom stereocenters. The number of hydrogen-bond donors (Lipinski definition) is 1. The van der Waals surface area contributed by atoms with Gasteiger partial charge >= 0.3 is 5.97 Å². The van der Waals surface area contributed by atoms with E-state index in [1.807, 2.05) is 6.92 Å². The second-order valence-electron chi connectivity index (χ2n) is 3.71. The lowest BCUT2D eigenvalue weighted by atomic mass is 10.3. The number of quaternary nitrogens is 1. The fourth-order valence-corrected chi connectivity index (χ4v) is 1.35. The van der Waals surface area contributed by atoms with Gasteiger partial charge in [0.1, 0.15) is 3.92 Å². The Hall–Kier alpha value is 0.160. The standard InChI is InChI=1S/C11H22INO2/c1-3-4-7-13-8-5-6-9-15-11(14)10(2)12/h10,13H,3-9H2,1-2H3/p+1. The van der Waals surface area contributed by atoms with Crippen LogP contribution in [-0.4, -0.2) is 29.6 Å². The summed E-state index contributed by atoms with van der Waals surface area (Å²) in [5, 5.41) is 2.34. The molecule has 0 aromatic heterocycles. The Balaban J connectivity index is 3.08. The van der Waals surface area contributed by atoms with Gasteiger partial charge in [0.2, 0.25) is 0 Å². The van der Waals surface area contributed by atoms with Gasteiger partial charge in [-0.3, -0.25) is 4.79 Å². The van der Waals surface area contributed by atoms with E-state index >= 15 is 0 Å². The molecular formula is C11H23INO2+. The summed E-state index contributed by atoms with van der Waals surface area (Å²) in [7, 11) is 0. The average Bonchev–Trinajstić information content (AvgIpc) is 2.21. The molecule has 0 aromatic carbocycles. The smallest absolute Gasteiger partial charge is 0.318 e. The van der Waals surface area contributed by atoms with E-state index in [1.165, 1.54) is 19.4 Å². The Bertz CT molecular complexity index is 163. The molecule has 0 rings (SSSR count). The van der Waals surface area contributed by atoms with Gasteiger partial charge < -0.3 is 10.1 Å². The van der Waals surface area contributed by atoms with Crippen LogP contribution in [0.3, 0.4) is 0 Å². The summed E-state index contributed by atoms with van der Waals surface area (Å²) in [6.45, 7) is 7.01. The van der Waals surface area contributed by atoms with Crippen molar-refractivity contribution in [2.45, 2.75) is 43.5 Å². The van der Waals surface area contributed by atoms with Crippen LogP contribution in [-0.2, 0) is 9.53 Å². The first-order chi connectivity index (χ1) is 7.18. The minimum absolute atomic E-state index is 0.0290. The number of esters is 1. The van der Waals surface area contributed by atoms with Crippen molar-refractivity contribution < 1.29 is 14.8 Å². The Kier molecular flexibility index (Phi) is 10.8. The Labute approximate surface area is 106 Å². The van der Waals surface area contributed by atoms with Gasteiger partial charge in [0.25, 0.3) is 0 Å². The van der Waals surface area contributed by atoms with E-state index in [4.69, 9.17) is 4.74 Å². The van der Waals surface area contributed by atoms with Crippen LogP contribution in [0.1, 0.15) is 39.5 Å². The molecule has 0 saturated carbocycles. The van der Waals surface area contributed by atoms with E-state index in [0.29, 0.717) is 6.61 Å². The lowest BCUT2D eigenvalue weighted by Gasteiger charge is -2.05. The van der Waals surface area contributed by atoms with Crippen LogP contribution in [0.15, 0.2) is 0 Å². The number of carbonyl (C=O) groups is 1. The molecule has 2 N–H and O–H groups in total. The topological polar surface area (TPSA) is 42.9 Å². The van der Waals surface area contributed by atoms with Crippen LogP contribution in [0, 0.1) is 0 Å². The third kappa shape index (κ3) is 10.4. The maximum absolute atomic E-state index is 11.1. The summed E-state index contributed by atoms with van der Waals surface area (Å²) < 4.78 is 5.04. The van der Waals surface area contributed by atoms with E-state index in [9.17, 15) is 4.79 Å². The van der Waals surface area contributed by atoms with Crippen molar-refractivity contribution in [2.75, 3.05) is 19.7 Å². The Morgan fingerprint density at radius 2 is 2.00 bits per heavy atom. The van der Waals surface area contributed by atoms with Crippen molar-refractivity contribution >= 4 is 28.6 Å². The van der Waals surface area contributed by atoms with Crippen LogP contribution in [0.2, 0.25) is 0 Å². The second-order valence-corrected chi connectivity index (χ2v) is 5.58. The molecule has 3 nitrogen and oxygen atoms in total. The zero-order chi connectivity index (χ0) is 11.5. The number of carbonyl (C=O) groups excluding carboxylic acids is 1. The van der Waals surface area contributed by atoms with Gasteiger partial charge in [-0.05, 0) is 26.2 Å². The number of nitrogens with two attached hydrogens (primary N) is 1. The Morgan fingerprint density at radius 3 is 2.60 bits per heavy atom. The first-order valence-electron chi connectivity index (χ1n) is 5.80. The molecule has 90 valence electrons. The zero-order valence-corrected chi connectivity index (χ0v) is 12.0. The number of ether oxygens (including phenoxy) is 1. The highest BCUT2D eigenvalue weighted by Crippen LogP contribution is 2.01. The number of alkyl halides is 1. The van der Waals surface area contributed by atoms with E-state index < -0.39 is 0 Å². The van der Waals surface area contributed by atoms with Crippen molar-refractivity contribution in [1.29, 1.82) is 0 Å². The highest BCUT2D eigenvalue weighted by Gasteiger charge is 2.08. The summed E-state index contributed by atoms with van der Waals surface area (Å²) in [5.41, 5.74) is 0. The molecule has 0 aliphatic heterocycles. The summed E-state index contributed by atoms with van der Waals surface area (Å²) in [6.07, 6.45) is 4.67. The molecule has 0 bridgehead atoms. The fraction of sp³-hybridized carbons (Fsp3) is 0.909. The molecule has 0 heterocycles. The molecule has 0 radical (unpaired) electrons. The SMILES string of the molecule is CCCC[NH2+]CCCCOC(=O)C(C)I. The van der Waals surface area contributed by atoms with Crippen molar-refractivity contribution in [3.05, 3.63) is 0 Å². The Morgan fingerprint density at radius 1 is 1.33 bits per heavy atom. The quantitative estimate of drug-likeness (QED) is 0.302. The second kappa shape index (κ2) is 10.7. The van der Waals surface area contributed by atoms with Crippen LogP contribution < -0.4 is 5.32 Å².